The Bertz CT molecular complexity index is 1090. The van der Waals surface area contributed by atoms with Crippen LogP contribution in [0.3, 0.4) is 0 Å². The number of rotatable bonds is 3. The normalized spacial score (nSPS) is 12.4. The van der Waals surface area contributed by atoms with Gasteiger partial charge in [0.1, 0.15) is 0 Å². The number of primary sulfonamides is 1. The summed E-state index contributed by atoms with van der Waals surface area (Å²) in [4.78, 5) is 3.35. The summed E-state index contributed by atoms with van der Waals surface area (Å²) in [5.41, 5.74) is 0.336. The van der Waals surface area contributed by atoms with Gasteiger partial charge < -0.3 is 0 Å². The molecule has 0 aliphatic heterocycles. The first-order valence-electron chi connectivity index (χ1n) is 7.09. The molecule has 3 rings (SSSR count). The van der Waals surface area contributed by atoms with E-state index in [1.807, 2.05) is 0 Å². The van der Waals surface area contributed by atoms with Crippen LogP contribution in [0, 0.1) is 0 Å². The van der Waals surface area contributed by atoms with Crippen LogP contribution in [0.1, 0.15) is 5.82 Å². The van der Waals surface area contributed by atoms with Gasteiger partial charge in [0.15, 0.2) is 5.82 Å². The van der Waals surface area contributed by atoms with E-state index in [1.165, 1.54) is 30.3 Å². The Kier molecular flexibility index (Phi) is 4.93. The highest BCUT2D eigenvalue weighted by atomic mass is 35.5. The Balaban J connectivity index is 2.21. The quantitative estimate of drug-likeness (QED) is 0.673. The molecule has 142 valence electrons. The number of aromatic nitrogens is 3. The van der Waals surface area contributed by atoms with Crippen molar-refractivity contribution in [2.45, 2.75) is 11.1 Å². The van der Waals surface area contributed by atoms with Crippen LogP contribution in [-0.4, -0.2) is 23.2 Å². The molecular formula is C15H9Cl2F3N4O2S. The molecule has 27 heavy (non-hydrogen) atoms. The van der Waals surface area contributed by atoms with E-state index in [2.05, 4.69) is 10.1 Å². The third-order valence-corrected chi connectivity index (χ3v) is 4.76. The van der Waals surface area contributed by atoms with E-state index in [0.717, 1.165) is 16.8 Å². The van der Waals surface area contributed by atoms with Crippen molar-refractivity contribution in [3.8, 4) is 17.1 Å². The highest BCUT2D eigenvalue weighted by Gasteiger charge is 2.37. The molecule has 0 saturated heterocycles. The summed E-state index contributed by atoms with van der Waals surface area (Å²) in [6, 6.07) is 8.98. The van der Waals surface area contributed by atoms with Gasteiger partial charge in [-0.2, -0.15) is 13.2 Å². The fraction of sp³-hybridized carbons (Fsp3) is 0.0667. The molecule has 0 aliphatic rings. The van der Waals surface area contributed by atoms with Gasteiger partial charge in [-0.25, -0.2) is 23.2 Å². The second-order valence-electron chi connectivity index (χ2n) is 5.37. The van der Waals surface area contributed by atoms with Gasteiger partial charge in [0.2, 0.25) is 10.0 Å². The zero-order valence-electron chi connectivity index (χ0n) is 13.1. The molecule has 2 aromatic carbocycles. The van der Waals surface area contributed by atoms with Gasteiger partial charge in [0.05, 0.1) is 10.6 Å². The van der Waals surface area contributed by atoms with Crippen molar-refractivity contribution in [2.24, 2.45) is 5.14 Å². The lowest BCUT2D eigenvalue weighted by Gasteiger charge is -2.07. The Labute approximate surface area is 161 Å². The summed E-state index contributed by atoms with van der Waals surface area (Å²) in [6.45, 7) is 0. The molecule has 1 aromatic heterocycles. The standard InChI is InChI=1S/C15H9Cl2F3N4O2S/c16-9-5-8(6-10(17)7-9)13-22-14(15(18,19)20)23-24(13)11-1-3-12(4-2-11)27(21,25)26/h1-7H,(H2,21,25,26). The van der Waals surface area contributed by atoms with Gasteiger partial charge in [-0.05, 0) is 42.5 Å². The number of sulfonamides is 1. The van der Waals surface area contributed by atoms with E-state index >= 15 is 0 Å². The maximum absolute atomic E-state index is 13.1. The molecule has 0 saturated carbocycles. The number of halogens is 5. The van der Waals surface area contributed by atoms with Crippen molar-refractivity contribution in [1.29, 1.82) is 0 Å². The summed E-state index contributed by atoms with van der Waals surface area (Å²) >= 11 is 11.8. The van der Waals surface area contributed by atoms with Gasteiger partial charge in [-0.3, -0.25) is 0 Å². The number of hydrogen-bond acceptors (Lipinski definition) is 4. The smallest absolute Gasteiger partial charge is 0.225 e. The lowest BCUT2D eigenvalue weighted by molar-refractivity contribution is -0.144. The first kappa shape index (κ1) is 19.6. The predicted molar refractivity (Wildman–Crippen MR) is 93.2 cm³/mol. The maximum atomic E-state index is 13.1. The Morgan fingerprint density at radius 1 is 1.00 bits per heavy atom. The molecule has 0 unspecified atom stereocenters. The van der Waals surface area contributed by atoms with Crippen molar-refractivity contribution < 1.29 is 21.6 Å². The molecule has 0 spiro atoms. The zero-order chi connectivity index (χ0) is 20.0. The molecular weight excluding hydrogens is 428 g/mol. The number of nitrogens with zero attached hydrogens (tertiary/aromatic N) is 3. The van der Waals surface area contributed by atoms with Crippen LogP contribution in [0.2, 0.25) is 10.0 Å². The van der Waals surface area contributed by atoms with Crippen molar-refractivity contribution >= 4 is 33.2 Å². The molecule has 0 bridgehead atoms. The van der Waals surface area contributed by atoms with E-state index in [9.17, 15) is 21.6 Å². The third kappa shape index (κ3) is 4.24. The van der Waals surface area contributed by atoms with Crippen LogP contribution in [0.15, 0.2) is 47.4 Å². The molecule has 12 heteroatoms. The lowest BCUT2D eigenvalue weighted by atomic mass is 10.2. The Morgan fingerprint density at radius 2 is 1.56 bits per heavy atom. The summed E-state index contributed by atoms with van der Waals surface area (Å²) in [6.07, 6.45) is -4.79. The second-order valence-corrected chi connectivity index (χ2v) is 7.80. The monoisotopic (exact) mass is 436 g/mol. The van der Waals surface area contributed by atoms with Gasteiger partial charge >= 0.3 is 6.18 Å². The average Bonchev–Trinajstić information content (AvgIpc) is 2.99. The molecule has 6 nitrogen and oxygen atoms in total. The van der Waals surface area contributed by atoms with E-state index < -0.39 is 22.0 Å². The number of alkyl halides is 3. The number of nitrogens with two attached hydrogens (primary N) is 1. The highest BCUT2D eigenvalue weighted by Crippen LogP contribution is 2.32. The van der Waals surface area contributed by atoms with Crippen molar-refractivity contribution in [2.75, 3.05) is 0 Å². The largest absolute Gasteiger partial charge is 0.453 e. The first-order valence-corrected chi connectivity index (χ1v) is 9.39. The number of hydrogen-bond donors (Lipinski definition) is 1. The van der Waals surface area contributed by atoms with Gasteiger partial charge in [-0.1, -0.05) is 23.2 Å². The molecule has 3 aromatic rings. The van der Waals surface area contributed by atoms with Crippen molar-refractivity contribution in [1.82, 2.24) is 14.8 Å². The Hall–Kier alpha value is -2.14. The Morgan fingerprint density at radius 3 is 2.04 bits per heavy atom. The van der Waals surface area contributed by atoms with Crippen molar-refractivity contribution in [3.63, 3.8) is 0 Å². The van der Waals surface area contributed by atoms with E-state index in [1.54, 1.807) is 0 Å². The average molecular weight is 437 g/mol. The number of benzene rings is 2. The molecule has 0 radical (unpaired) electrons. The predicted octanol–water partition coefficient (Wildman–Crippen LogP) is 3.91. The fourth-order valence-electron chi connectivity index (χ4n) is 2.26. The topological polar surface area (TPSA) is 90.9 Å². The van der Waals surface area contributed by atoms with E-state index in [0.29, 0.717) is 0 Å². The van der Waals surface area contributed by atoms with Gasteiger partial charge in [-0.15, -0.1) is 5.10 Å². The molecule has 0 atom stereocenters. The van der Waals surface area contributed by atoms with Crippen LogP contribution >= 0.6 is 23.2 Å². The molecule has 0 fully saturated rings. The SMILES string of the molecule is NS(=O)(=O)c1ccc(-n2nc(C(F)(F)F)nc2-c2cc(Cl)cc(Cl)c2)cc1. The molecule has 0 amide bonds. The van der Waals surface area contributed by atoms with Crippen LogP contribution in [0.25, 0.3) is 17.1 Å². The van der Waals surface area contributed by atoms with Gasteiger partial charge in [0, 0.05) is 15.6 Å². The molecule has 0 aliphatic carbocycles. The third-order valence-electron chi connectivity index (χ3n) is 3.39. The summed E-state index contributed by atoms with van der Waals surface area (Å²) < 4.78 is 62.9. The summed E-state index contributed by atoms with van der Waals surface area (Å²) in [5, 5.41) is 8.91. The molecule has 2 N–H and O–H groups in total. The first-order chi connectivity index (χ1) is 12.4. The lowest BCUT2D eigenvalue weighted by Crippen LogP contribution is -2.12. The van der Waals surface area contributed by atoms with Crippen LogP contribution in [0.5, 0.6) is 0 Å². The molecule has 1 heterocycles. The summed E-state index contributed by atoms with van der Waals surface area (Å²) in [5.74, 6) is -1.54. The maximum Gasteiger partial charge on any atom is 0.453 e. The van der Waals surface area contributed by atoms with E-state index in [4.69, 9.17) is 28.3 Å². The van der Waals surface area contributed by atoms with Gasteiger partial charge in [0.25, 0.3) is 5.82 Å². The summed E-state index contributed by atoms with van der Waals surface area (Å²) in [7, 11) is -3.95. The highest BCUT2D eigenvalue weighted by molar-refractivity contribution is 7.89. The zero-order valence-corrected chi connectivity index (χ0v) is 15.4. The second kappa shape index (κ2) is 6.79. The minimum absolute atomic E-state index is 0.136. The van der Waals surface area contributed by atoms with Crippen LogP contribution in [-0.2, 0) is 16.2 Å². The minimum atomic E-state index is -4.79. The van der Waals surface area contributed by atoms with E-state index in [-0.39, 0.29) is 32.0 Å². The minimum Gasteiger partial charge on any atom is -0.225 e. The van der Waals surface area contributed by atoms with Crippen molar-refractivity contribution in [3.05, 3.63) is 58.3 Å². The fourth-order valence-corrected chi connectivity index (χ4v) is 3.30. The van der Waals surface area contributed by atoms with Crippen LogP contribution in [0.4, 0.5) is 13.2 Å². The van der Waals surface area contributed by atoms with Crippen LogP contribution < -0.4 is 5.14 Å².